The smallest absolute Gasteiger partial charge is 0.253 e. The number of hydrogen-bond donors (Lipinski definition) is 2. The highest BCUT2D eigenvalue weighted by atomic mass is 19.1. The number of amides is 3. The zero-order chi connectivity index (χ0) is 24.8. The van der Waals surface area contributed by atoms with Crippen LogP contribution in [0.2, 0.25) is 0 Å². The summed E-state index contributed by atoms with van der Waals surface area (Å²) in [6, 6.07) is 21.7. The summed E-state index contributed by atoms with van der Waals surface area (Å²) in [7, 11) is 0. The number of piperidine rings is 1. The van der Waals surface area contributed by atoms with Crippen LogP contribution in [-0.4, -0.2) is 35.7 Å². The molecule has 1 fully saturated rings. The molecule has 180 valence electrons. The van der Waals surface area contributed by atoms with E-state index in [4.69, 9.17) is 0 Å². The predicted molar refractivity (Wildman–Crippen MR) is 132 cm³/mol. The van der Waals surface area contributed by atoms with E-state index in [1.165, 1.54) is 24.3 Å². The lowest BCUT2D eigenvalue weighted by atomic mass is 9.96. The van der Waals surface area contributed by atoms with Crippen molar-refractivity contribution in [3.8, 4) is 0 Å². The van der Waals surface area contributed by atoms with Gasteiger partial charge in [0, 0.05) is 18.7 Å². The topological polar surface area (TPSA) is 78.5 Å². The molecule has 0 unspecified atom stereocenters. The third kappa shape index (κ3) is 5.93. The molecule has 7 heteroatoms. The van der Waals surface area contributed by atoms with Gasteiger partial charge < -0.3 is 15.5 Å². The number of para-hydroxylation sites is 1. The Morgan fingerprint density at radius 2 is 1.63 bits per heavy atom. The van der Waals surface area contributed by atoms with Gasteiger partial charge in [0.1, 0.15) is 5.82 Å². The van der Waals surface area contributed by atoms with Gasteiger partial charge in [-0.1, -0.05) is 42.5 Å². The van der Waals surface area contributed by atoms with Crippen LogP contribution in [0.25, 0.3) is 0 Å². The number of hydrogen-bond acceptors (Lipinski definition) is 3. The van der Waals surface area contributed by atoms with Crippen molar-refractivity contribution in [1.82, 2.24) is 10.2 Å². The molecule has 0 bridgehead atoms. The van der Waals surface area contributed by atoms with Crippen molar-refractivity contribution in [2.75, 3.05) is 18.4 Å². The van der Waals surface area contributed by atoms with Gasteiger partial charge >= 0.3 is 0 Å². The van der Waals surface area contributed by atoms with Gasteiger partial charge in [0.15, 0.2) is 0 Å². The fourth-order valence-electron chi connectivity index (χ4n) is 4.28. The largest absolute Gasteiger partial charge is 0.345 e. The fraction of sp³-hybridized carbons (Fsp3) is 0.250. The molecule has 1 aliphatic heterocycles. The number of benzene rings is 3. The van der Waals surface area contributed by atoms with Crippen LogP contribution in [0, 0.1) is 11.7 Å². The minimum Gasteiger partial charge on any atom is -0.345 e. The molecule has 0 radical (unpaired) electrons. The van der Waals surface area contributed by atoms with Crippen molar-refractivity contribution < 1.29 is 18.8 Å². The Bertz CT molecular complexity index is 1200. The number of carbonyl (C=O) groups excluding carboxylic acids is 3. The van der Waals surface area contributed by atoms with E-state index in [0.717, 1.165) is 5.56 Å². The lowest BCUT2D eigenvalue weighted by molar-refractivity contribution is -0.121. The average molecular weight is 474 g/mol. The highest BCUT2D eigenvalue weighted by Crippen LogP contribution is 2.23. The second-order valence-corrected chi connectivity index (χ2v) is 8.74. The van der Waals surface area contributed by atoms with E-state index in [0.29, 0.717) is 36.2 Å². The maximum absolute atomic E-state index is 13.2. The van der Waals surface area contributed by atoms with Crippen LogP contribution in [0.15, 0.2) is 78.9 Å². The molecule has 0 spiro atoms. The minimum atomic E-state index is -0.410. The Morgan fingerprint density at radius 1 is 0.943 bits per heavy atom. The first-order valence-corrected chi connectivity index (χ1v) is 11.7. The van der Waals surface area contributed by atoms with E-state index in [9.17, 15) is 18.8 Å². The summed E-state index contributed by atoms with van der Waals surface area (Å²) in [5.74, 6) is -1.56. The van der Waals surface area contributed by atoms with Gasteiger partial charge in [-0.25, -0.2) is 4.39 Å². The summed E-state index contributed by atoms with van der Waals surface area (Å²) in [6.07, 6.45) is 1.32. The molecule has 1 saturated heterocycles. The van der Waals surface area contributed by atoms with Gasteiger partial charge in [0.2, 0.25) is 5.91 Å². The highest BCUT2D eigenvalue weighted by Gasteiger charge is 2.29. The zero-order valence-electron chi connectivity index (χ0n) is 19.5. The van der Waals surface area contributed by atoms with Crippen molar-refractivity contribution in [2.45, 2.75) is 25.8 Å². The molecule has 2 atom stereocenters. The van der Waals surface area contributed by atoms with E-state index in [1.807, 2.05) is 37.3 Å². The van der Waals surface area contributed by atoms with E-state index in [2.05, 4.69) is 10.6 Å². The lowest BCUT2D eigenvalue weighted by Gasteiger charge is -2.32. The summed E-state index contributed by atoms with van der Waals surface area (Å²) < 4.78 is 13.2. The Hall–Kier alpha value is -4.00. The van der Waals surface area contributed by atoms with Crippen LogP contribution in [-0.2, 0) is 4.79 Å². The van der Waals surface area contributed by atoms with E-state index in [1.54, 1.807) is 29.2 Å². The van der Waals surface area contributed by atoms with Crippen LogP contribution in [0.4, 0.5) is 10.1 Å². The zero-order valence-corrected chi connectivity index (χ0v) is 19.5. The molecule has 1 heterocycles. The molecular weight excluding hydrogens is 445 g/mol. The van der Waals surface area contributed by atoms with Crippen LogP contribution in [0.3, 0.4) is 0 Å². The first-order valence-electron chi connectivity index (χ1n) is 11.7. The molecule has 6 nitrogen and oxygen atoms in total. The van der Waals surface area contributed by atoms with Gasteiger partial charge in [-0.05, 0) is 61.7 Å². The number of carbonyl (C=O) groups is 3. The quantitative estimate of drug-likeness (QED) is 0.540. The highest BCUT2D eigenvalue weighted by molar-refractivity contribution is 6.04. The fourth-order valence-corrected chi connectivity index (χ4v) is 4.28. The van der Waals surface area contributed by atoms with Crippen molar-refractivity contribution in [3.05, 3.63) is 101 Å². The van der Waals surface area contributed by atoms with Crippen LogP contribution in [0.1, 0.15) is 52.1 Å². The summed E-state index contributed by atoms with van der Waals surface area (Å²) in [5.41, 5.74) is 2.17. The first-order chi connectivity index (χ1) is 16.9. The molecule has 0 aliphatic carbocycles. The number of likely N-dealkylation sites (tertiary alicyclic amines) is 1. The Balaban J connectivity index is 1.42. The maximum atomic E-state index is 13.2. The van der Waals surface area contributed by atoms with Gasteiger partial charge in [0.05, 0.1) is 23.2 Å². The number of nitrogens with zero attached hydrogens (tertiary/aromatic N) is 1. The van der Waals surface area contributed by atoms with Crippen molar-refractivity contribution >= 4 is 23.4 Å². The van der Waals surface area contributed by atoms with Crippen molar-refractivity contribution in [2.24, 2.45) is 5.92 Å². The Labute approximate surface area is 204 Å². The molecule has 1 aliphatic rings. The average Bonchev–Trinajstić information content (AvgIpc) is 2.89. The van der Waals surface area contributed by atoms with E-state index >= 15 is 0 Å². The second-order valence-electron chi connectivity index (χ2n) is 8.74. The summed E-state index contributed by atoms with van der Waals surface area (Å²) in [4.78, 5) is 40.5. The number of halogens is 1. The number of rotatable bonds is 6. The SMILES string of the molecule is C[C@@H](NC(=O)c1ccccc1NC(=O)[C@@H]1CCCN(C(=O)c2ccc(F)cc2)C1)c1ccccc1. The van der Waals surface area contributed by atoms with Gasteiger partial charge in [-0.15, -0.1) is 0 Å². The number of anilines is 1. The number of nitrogens with one attached hydrogen (secondary N) is 2. The third-order valence-corrected chi connectivity index (χ3v) is 6.25. The van der Waals surface area contributed by atoms with Crippen LogP contribution >= 0.6 is 0 Å². The van der Waals surface area contributed by atoms with Crippen molar-refractivity contribution in [3.63, 3.8) is 0 Å². The normalized spacial score (nSPS) is 16.3. The first kappa shape index (κ1) is 24.1. The van der Waals surface area contributed by atoms with Crippen molar-refractivity contribution in [1.29, 1.82) is 0 Å². The molecule has 3 aromatic rings. The molecule has 4 rings (SSSR count). The molecule has 2 N–H and O–H groups in total. The van der Waals surface area contributed by atoms with Crippen LogP contribution in [0.5, 0.6) is 0 Å². The maximum Gasteiger partial charge on any atom is 0.253 e. The summed E-state index contributed by atoms with van der Waals surface area (Å²) in [6.45, 7) is 2.71. The van der Waals surface area contributed by atoms with Crippen LogP contribution < -0.4 is 10.6 Å². The third-order valence-electron chi connectivity index (χ3n) is 6.25. The Kier molecular flexibility index (Phi) is 7.55. The van der Waals surface area contributed by atoms with Gasteiger partial charge in [-0.2, -0.15) is 0 Å². The lowest BCUT2D eigenvalue weighted by Crippen LogP contribution is -2.44. The molecular formula is C28H28FN3O3. The summed E-state index contributed by atoms with van der Waals surface area (Å²) >= 11 is 0. The van der Waals surface area contributed by atoms with E-state index < -0.39 is 11.7 Å². The molecule has 0 saturated carbocycles. The predicted octanol–water partition coefficient (Wildman–Crippen LogP) is 4.81. The summed E-state index contributed by atoms with van der Waals surface area (Å²) in [5, 5.41) is 5.87. The molecule has 35 heavy (non-hydrogen) atoms. The standard InChI is InChI=1S/C28H28FN3O3/c1-19(20-8-3-2-4-9-20)30-27(34)24-11-5-6-12-25(24)31-26(33)22-10-7-17-32(18-22)28(35)21-13-15-23(29)16-14-21/h2-6,8-9,11-16,19,22H,7,10,17-18H2,1H3,(H,30,34)(H,31,33)/t19-,22-/m1/s1. The molecule has 3 amide bonds. The molecule has 3 aromatic carbocycles. The Morgan fingerprint density at radius 3 is 2.37 bits per heavy atom. The second kappa shape index (κ2) is 11.0. The van der Waals surface area contributed by atoms with Gasteiger partial charge in [-0.3, -0.25) is 14.4 Å². The monoisotopic (exact) mass is 473 g/mol. The minimum absolute atomic E-state index is 0.197. The molecule has 0 aromatic heterocycles. The van der Waals surface area contributed by atoms with E-state index in [-0.39, 0.29) is 30.3 Å². The van der Waals surface area contributed by atoms with Gasteiger partial charge in [0.25, 0.3) is 11.8 Å².